The Bertz CT molecular complexity index is 705. The summed E-state index contributed by atoms with van der Waals surface area (Å²) in [6.45, 7) is 2.40. The summed E-state index contributed by atoms with van der Waals surface area (Å²) in [5.41, 5.74) is 7.25. The molecule has 2 aromatic rings. The fraction of sp³-hybridized carbons (Fsp3) is 0.125. The number of carbonyl (C=O) groups is 1. The van der Waals surface area contributed by atoms with Crippen LogP contribution in [0, 0.1) is 11.3 Å². The first-order valence-corrected chi connectivity index (χ1v) is 6.49. The lowest BCUT2D eigenvalue weighted by atomic mass is 10.1. The van der Waals surface area contributed by atoms with E-state index < -0.39 is 0 Å². The average molecular weight is 281 g/mol. The lowest BCUT2D eigenvalue weighted by molar-refractivity contribution is 0.0956. The maximum Gasteiger partial charge on any atom is 0.251 e. The maximum absolute atomic E-state index is 11.7. The first kappa shape index (κ1) is 14.4. The van der Waals surface area contributed by atoms with Crippen molar-refractivity contribution in [3.8, 4) is 17.6 Å². The highest BCUT2D eigenvalue weighted by atomic mass is 16.5. The number of nitrogen functional groups attached to an aromatic ring is 1. The smallest absolute Gasteiger partial charge is 0.251 e. The lowest BCUT2D eigenvalue weighted by Gasteiger charge is -2.10. The number of amides is 1. The van der Waals surface area contributed by atoms with Gasteiger partial charge in [-0.2, -0.15) is 5.26 Å². The van der Waals surface area contributed by atoms with Crippen molar-refractivity contribution in [1.29, 1.82) is 5.26 Å². The molecule has 0 bridgehead atoms. The van der Waals surface area contributed by atoms with E-state index in [1.54, 1.807) is 42.5 Å². The van der Waals surface area contributed by atoms with Gasteiger partial charge in [0.05, 0.1) is 17.3 Å². The van der Waals surface area contributed by atoms with E-state index in [-0.39, 0.29) is 5.91 Å². The minimum absolute atomic E-state index is 0.178. The van der Waals surface area contributed by atoms with Gasteiger partial charge in [0.25, 0.3) is 5.91 Å². The third kappa shape index (κ3) is 3.51. The van der Waals surface area contributed by atoms with E-state index in [2.05, 4.69) is 5.32 Å². The highest BCUT2D eigenvalue weighted by molar-refractivity contribution is 5.95. The van der Waals surface area contributed by atoms with Crippen LogP contribution < -0.4 is 15.8 Å². The fourth-order valence-corrected chi connectivity index (χ4v) is 1.80. The Hall–Kier alpha value is -3.00. The number of nitrogens with two attached hydrogens (primary N) is 1. The molecule has 2 aromatic carbocycles. The molecular formula is C16H15N3O2. The summed E-state index contributed by atoms with van der Waals surface area (Å²) in [5.74, 6) is 0.784. The van der Waals surface area contributed by atoms with Gasteiger partial charge < -0.3 is 15.8 Å². The molecule has 0 aromatic heterocycles. The van der Waals surface area contributed by atoms with Crippen LogP contribution in [-0.4, -0.2) is 12.5 Å². The number of rotatable bonds is 4. The Morgan fingerprint density at radius 2 is 2.14 bits per heavy atom. The van der Waals surface area contributed by atoms with Gasteiger partial charge in [0.1, 0.15) is 11.5 Å². The van der Waals surface area contributed by atoms with Gasteiger partial charge >= 0.3 is 0 Å². The molecule has 0 heterocycles. The number of hydrogen-bond acceptors (Lipinski definition) is 4. The van der Waals surface area contributed by atoms with Gasteiger partial charge in [-0.25, -0.2) is 0 Å². The molecule has 0 aliphatic heterocycles. The Kier molecular flexibility index (Phi) is 4.42. The molecule has 0 atom stereocenters. The van der Waals surface area contributed by atoms with E-state index in [4.69, 9.17) is 15.7 Å². The molecule has 0 saturated carbocycles. The maximum atomic E-state index is 11.7. The van der Waals surface area contributed by atoms with Gasteiger partial charge in [-0.15, -0.1) is 0 Å². The first-order chi connectivity index (χ1) is 10.1. The molecule has 0 aliphatic rings. The molecule has 5 nitrogen and oxygen atoms in total. The summed E-state index contributed by atoms with van der Waals surface area (Å²) in [4.78, 5) is 11.7. The van der Waals surface area contributed by atoms with E-state index in [0.29, 0.717) is 34.9 Å². The third-order valence-corrected chi connectivity index (χ3v) is 2.80. The lowest BCUT2D eigenvalue weighted by Crippen LogP contribution is -2.22. The van der Waals surface area contributed by atoms with E-state index >= 15 is 0 Å². The molecule has 106 valence electrons. The SMILES string of the molecule is CCNC(=O)c1ccc(Oc2cccc(C#N)c2)c(N)c1. The number of benzene rings is 2. The second-order valence-corrected chi connectivity index (χ2v) is 4.35. The van der Waals surface area contributed by atoms with E-state index in [9.17, 15) is 4.79 Å². The summed E-state index contributed by atoms with van der Waals surface area (Å²) in [7, 11) is 0. The Labute approximate surface area is 123 Å². The standard InChI is InChI=1S/C16H15N3O2/c1-2-19-16(20)12-6-7-15(14(18)9-12)21-13-5-3-4-11(8-13)10-17/h3-9H,2,18H2,1H3,(H,19,20). The zero-order valence-electron chi connectivity index (χ0n) is 11.6. The molecule has 21 heavy (non-hydrogen) atoms. The number of nitrogens with zero attached hydrogens (tertiary/aromatic N) is 1. The quantitative estimate of drug-likeness (QED) is 0.843. The normalized spacial score (nSPS) is 9.71. The molecule has 2 rings (SSSR count). The van der Waals surface area contributed by atoms with Crippen LogP contribution in [0.1, 0.15) is 22.8 Å². The van der Waals surface area contributed by atoms with Crippen LogP contribution in [0.15, 0.2) is 42.5 Å². The van der Waals surface area contributed by atoms with Gasteiger partial charge in [0.2, 0.25) is 0 Å². The van der Waals surface area contributed by atoms with E-state index in [1.807, 2.05) is 13.0 Å². The van der Waals surface area contributed by atoms with Crippen molar-refractivity contribution in [2.24, 2.45) is 0 Å². The number of nitrogens with one attached hydrogen (secondary N) is 1. The monoisotopic (exact) mass is 281 g/mol. The van der Waals surface area contributed by atoms with Crippen molar-refractivity contribution >= 4 is 11.6 Å². The zero-order valence-corrected chi connectivity index (χ0v) is 11.6. The van der Waals surface area contributed by atoms with Crippen molar-refractivity contribution in [3.63, 3.8) is 0 Å². The minimum Gasteiger partial charge on any atom is -0.455 e. The molecule has 5 heteroatoms. The zero-order chi connectivity index (χ0) is 15.2. The largest absolute Gasteiger partial charge is 0.455 e. The predicted molar refractivity (Wildman–Crippen MR) is 80.1 cm³/mol. The van der Waals surface area contributed by atoms with Crippen LogP contribution in [0.2, 0.25) is 0 Å². The number of hydrogen-bond donors (Lipinski definition) is 2. The van der Waals surface area contributed by atoms with Gasteiger partial charge in [0, 0.05) is 12.1 Å². The fourth-order valence-electron chi connectivity index (χ4n) is 1.80. The van der Waals surface area contributed by atoms with Crippen LogP contribution in [-0.2, 0) is 0 Å². The Morgan fingerprint density at radius 3 is 2.81 bits per heavy atom. The number of ether oxygens (including phenoxy) is 1. The molecule has 0 aliphatic carbocycles. The second-order valence-electron chi connectivity index (χ2n) is 4.35. The number of carbonyl (C=O) groups excluding carboxylic acids is 1. The van der Waals surface area contributed by atoms with Crippen molar-refractivity contribution in [2.45, 2.75) is 6.92 Å². The second kappa shape index (κ2) is 6.44. The highest BCUT2D eigenvalue weighted by Gasteiger charge is 2.09. The van der Waals surface area contributed by atoms with Crippen LogP contribution in [0.5, 0.6) is 11.5 Å². The number of anilines is 1. The molecular weight excluding hydrogens is 266 g/mol. The average Bonchev–Trinajstić information content (AvgIpc) is 2.49. The van der Waals surface area contributed by atoms with Crippen LogP contribution >= 0.6 is 0 Å². The summed E-state index contributed by atoms with van der Waals surface area (Å²) in [6.07, 6.45) is 0. The van der Waals surface area contributed by atoms with Crippen LogP contribution in [0.4, 0.5) is 5.69 Å². The third-order valence-electron chi connectivity index (χ3n) is 2.80. The molecule has 0 saturated heterocycles. The molecule has 0 spiro atoms. The summed E-state index contributed by atoms with van der Waals surface area (Å²) in [5, 5.41) is 11.6. The minimum atomic E-state index is -0.178. The van der Waals surface area contributed by atoms with Gasteiger partial charge in [-0.3, -0.25) is 4.79 Å². The van der Waals surface area contributed by atoms with E-state index in [1.165, 1.54) is 0 Å². The number of nitriles is 1. The Balaban J connectivity index is 2.21. The summed E-state index contributed by atoms with van der Waals surface area (Å²) < 4.78 is 5.64. The van der Waals surface area contributed by atoms with Crippen molar-refractivity contribution in [2.75, 3.05) is 12.3 Å². The van der Waals surface area contributed by atoms with Gasteiger partial charge in [-0.1, -0.05) is 6.07 Å². The molecule has 1 amide bonds. The first-order valence-electron chi connectivity index (χ1n) is 6.49. The highest BCUT2D eigenvalue weighted by Crippen LogP contribution is 2.28. The van der Waals surface area contributed by atoms with E-state index in [0.717, 1.165) is 0 Å². The molecule has 0 fully saturated rings. The van der Waals surface area contributed by atoms with Gasteiger partial charge in [0.15, 0.2) is 0 Å². The molecule has 0 radical (unpaired) electrons. The summed E-state index contributed by atoms with van der Waals surface area (Å²) >= 11 is 0. The summed E-state index contributed by atoms with van der Waals surface area (Å²) in [6, 6.07) is 13.7. The Morgan fingerprint density at radius 1 is 1.33 bits per heavy atom. The predicted octanol–water partition coefficient (Wildman–Crippen LogP) is 2.68. The molecule has 3 N–H and O–H groups in total. The van der Waals surface area contributed by atoms with Crippen molar-refractivity contribution in [1.82, 2.24) is 5.32 Å². The van der Waals surface area contributed by atoms with Crippen LogP contribution in [0.25, 0.3) is 0 Å². The van der Waals surface area contributed by atoms with Crippen molar-refractivity contribution in [3.05, 3.63) is 53.6 Å². The topological polar surface area (TPSA) is 88.1 Å². The van der Waals surface area contributed by atoms with Crippen LogP contribution in [0.3, 0.4) is 0 Å². The van der Waals surface area contributed by atoms with Gasteiger partial charge in [-0.05, 0) is 43.3 Å². The molecule has 0 unspecified atom stereocenters. The van der Waals surface area contributed by atoms with Crippen molar-refractivity contribution < 1.29 is 9.53 Å².